The zero-order valence-corrected chi connectivity index (χ0v) is 33.4. The molecule has 9 aromatic carbocycles. The average Bonchev–Trinajstić information content (AvgIpc) is 3.76. The quantitative estimate of drug-likeness (QED) is 0.175. The van der Waals surface area contributed by atoms with E-state index in [9.17, 15) is 0 Å². The Morgan fingerprint density at radius 2 is 0.983 bits per heavy atom. The molecule has 0 amide bonds. The molecule has 3 heteroatoms. The molecule has 1 aliphatic rings. The van der Waals surface area contributed by atoms with Gasteiger partial charge in [-0.05, 0) is 97.4 Å². The van der Waals surface area contributed by atoms with E-state index in [4.69, 9.17) is 9.97 Å². The highest BCUT2D eigenvalue weighted by molar-refractivity contribution is 6.19. The number of nitrogens with zero attached hydrogens (tertiary/aromatic N) is 3. The summed E-state index contributed by atoms with van der Waals surface area (Å²) in [6, 6.07) is 72.4. The molecular formula is C57H39N3. The van der Waals surface area contributed by atoms with E-state index in [1.54, 1.807) is 0 Å². The molecule has 0 bridgehead atoms. The summed E-state index contributed by atoms with van der Waals surface area (Å²) in [7, 11) is 0. The second-order valence-electron chi connectivity index (χ2n) is 16.5. The Labute approximate surface area is 348 Å². The van der Waals surface area contributed by atoms with Gasteiger partial charge in [-0.3, -0.25) is 0 Å². The van der Waals surface area contributed by atoms with Gasteiger partial charge in [0.05, 0.1) is 22.4 Å². The summed E-state index contributed by atoms with van der Waals surface area (Å²) in [5.41, 5.74) is 16.0. The van der Waals surface area contributed by atoms with Crippen molar-refractivity contribution < 1.29 is 0 Å². The zero-order valence-electron chi connectivity index (χ0n) is 33.4. The van der Waals surface area contributed by atoms with Crippen molar-refractivity contribution in [2.45, 2.75) is 19.3 Å². The number of hydrogen-bond donors (Lipinski definition) is 0. The number of para-hydroxylation sites is 2. The number of hydrogen-bond acceptors (Lipinski definition) is 2. The van der Waals surface area contributed by atoms with E-state index in [-0.39, 0.29) is 5.41 Å². The number of benzene rings is 9. The van der Waals surface area contributed by atoms with Crippen molar-refractivity contribution in [2.24, 2.45) is 0 Å². The molecule has 0 N–H and O–H groups in total. The van der Waals surface area contributed by atoms with E-state index in [1.807, 2.05) is 6.07 Å². The Morgan fingerprint density at radius 1 is 0.400 bits per heavy atom. The maximum absolute atomic E-state index is 5.38. The molecule has 0 saturated heterocycles. The van der Waals surface area contributed by atoms with Gasteiger partial charge in [0.15, 0.2) is 5.82 Å². The van der Waals surface area contributed by atoms with Gasteiger partial charge in [0.2, 0.25) is 0 Å². The molecular weight excluding hydrogens is 727 g/mol. The van der Waals surface area contributed by atoms with Crippen LogP contribution in [0.1, 0.15) is 25.0 Å². The lowest BCUT2D eigenvalue weighted by Gasteiger charge is -2.22. The van der Waals surface area contributed by atoms with Crippen LogP contribution < -0.4 is 0 Å². The predicted octanol–water partition coefficient (Wildman–Crippen LogP) is 14.9. The van der Waals surface area contributed by atoms with E-state index >= 15 is 0 Å². The van der Waals surface area contributed by atoms with Crippen molar-refractivity contribution in [1.29, 1.82) is 0 Å². The lowest BCUT2D eigenvalue weighted by atomic mass is 9.81. The van der Waals surface area contributed by atoms with Crippen molar-refractivity contribution in [1.82, 2.24) is 14.5 Å². The predicted molar refractivity (Wildman–Crippen MR) is 251 cm³/mol. The van der Waals surface area contributed by atoms with Gasteiger partial charge < -0.3 is 4.57 Å². The molecule has 60 heavy (non-hydrogen) atoms. The molecule has 0 aliphatic heterocycles. The Kier molecular flexibility index (Phi) is 7.58. The van der Waals surface area contributed by atoms with Gasteiger partial charge in [0.25, 0.3) is 0 Å². The summed E-state index contributed by atoms with van der Waals surface area (Å²) in [4.78, 5) is 10.8. The molecule has 0 fully saturated rings. The largest absolute Gasteiger partial charge is 0.309 e. The van der Waals surface area contributed by atoms with Gasteiger partial charge >= 0.3 is 0 Å². The van der Waals surface area contributed by atoms with Crippen LogP contribution in [0.25, 0.3) is 105 Å². The molecule has 2 heterocycles. The third-order valence-corrected chi connectivity index (χ3v) is 12.8. The van der Waals surface area contributed by atoms with Crippen LogP contribution in [0.2, 0.25) is 0 Å². The first-order valence-corrected chi connectivity index (χ1v) is 20.7. The van der Waals surface area contributed by atoms with E-state index in [0.29, 0.717) is 5.82 Å². The second-order valence-corrected chi connectivity index (χ2v) is 16.5. The van der Waals surface area contributed by atoms with Crippen LogP contribution in [-0.4, -0.2) is 14.5 Å². The molecule has 12 rings (SSSR count). The fraction of sp³-hybridized carbons (Fsp3) is 0.0526. The molecule has 0 atom stereocenters. The van der Waals surface area contributed by atoms with Gasteiger partial charge in [0, 0.05) is 38.6 Å². The normalized spacial score (nSPS) is 13.0. The Balaban J connectivity index is 1.09. The summed E-state index contributed by atoms with van der Waals surface area (Å²) in [5, 5.41) is 7.33. The van der Waals surface area contributed by atoms with Gasteiger partial charge in [0.1, 0.15) is 0 Å². The van der Waals surface area contributed by atoms with E-state index in [1.165, 1.54) is 71.3 Å². The van der Waals surface area contributed by atoms with Crippen LogP contribution in [0.4, 0.5) is 0 Å². The zero-order chi connectivity index (χ0) is 40.0. The van der Waals surface area contributed by atoms with Gasteiger partial charge in [-0.1, -0.05) is 172 Å². The lowest BCUT2D eigenvalue weighted by Crippen LogP contribution is -2.14. The standard InChI is InChI=1S/C57H39N3/c1-57(2)48-28-15-27-45(54(48)47-33-37-19-9-10-20-38(37)34-49(47)57)51-35-50(58-56(59-51)36-17-5-3-6-18-36)43-32-31-42(40-23-11-12-24-41(40)43)44-26-16-30-53-55(44)46-25-13-14-29-52(46)60(53)39-21-7-4-8-22-39/h3-35H,1-2H3. The topological polar surface area (TPSA) is 30.7 Å². The van der Waals surface area contributed by atoms with Crippen molar-refractivity contribution in [3.63, 3.8) is 0 Å². The van der Waals surface area contributed by atoms with E-state index in [0.717, 1.165) is 39.2 Å². The van der Waals surface area contributed by atoms with Gasteiger partial charge in [-0.2, -0.15) is 0 Å². The van der Waals surface area contributed by atoms with Crippen LogP contribution in [0.15, 0.2) is 200 Å². The van der Waals surface area contributed by atoms with Crippen LogP contribution >= 0.6 is 0 Å². The van der Waals surface area contributed by atoms with Crippen LogP contribution in [-0.2, 0) is 5.41 Å². The monoisotopic (exact) mass is 765 g/mol. The minimum Gasteiger partial charge on any atom is -0.309 e. The number of fused-ring (bicyclic) bond motifs is 8. The molecule has 1 aliphatic carbocycles. The maximum Gasteiger partial charge on any atom is 0.160 e. The minimum atomic E-state index is -0.162. The minimum absolute atomic E-state index is 0.162. The molecule has 0 saturated carbocycles. The second kappa shape index (κ2) is 13.2. The molecule has 3 nitrogen and oxygen atoms in total. The smallest absolute Gasteiger partial charge is 0.160 e. The summed E-state index contributed by atoms with van der Waals surface area (Å²) in [6.45, 7) is 4.70. The van der Waals surface area contributed by atoms with Crippen molar-refractivity contribution in [3.8, 4) is 61.8 Å². The first-order chi connectivity index (χ1) is 29.5. The average molecular weight is 766 g/mol. The van der Waals surface area contributed by atoms with Crippen LogP contribution in [0.3, 0.4) is 0 Å². The lowest BCUT2D eigenvalue weighted by molar-refractivity contribution is 0.661. The van der Waals surface area contributed by atoms with Crippen LogP contribution in [0, 0.1) is 0 Å². The van der Waals surface area contributed by atoms with E-state index < -0.39 is 0 Å². The molecule has 2 aromatic heterocycles. The highest BCUT2D eigenvalue weighted by Crippen LogP contribution is 2.53. The van der Waals surface area contributed by atoms with Crippen molar-refractivity contribution >= 4 is 43.4 Å². The molecule has 0 spiro atoms. The Bertz CT molecular complexity index is 3500. The Hall–Kier alpha value is -7.62. The maximum atomic E-state index is 5.38. The molecule has 11 aromatic rings. The van der Waals surface area contributed by atoms with E-state index in [2.05, 4.69) is 213 Å². The summed E-state index contributed by atoms with van der Waals surface area (Å²) in [5.74, 6) is 0.711. The van der Waals surface area contributed by atoms with Crippen LogP contribution in [0.5, 0.6) is 0 Å². The van der Waals surface area contributed by atoms with Gasteiger partial charge in [-0.25, -0.2) is 9.97 Å². The SMILES string of the molecule is CC1(C)c2cc3ccccc3cc2-c2c(-c3cc(-c4ccc(-c5cccc6c5c5ccccc5n6-c5ccccc5)c5ccccc45)nc(-c4ccccc4)n3)cccc21. The first-order valence-electron chi connectivity index (χ1n) is 20.7. The molecule has 0 unspecified atom stereocenters. The summed E-state index contributed by atoms with van der Waals surface area (Å²) >= 11 is 0. The van der Waals surface area contributed by atoms with Crippen molar-refractivity contribution in [3.05, 3.63) is 211 Å². The molecule has 0 radical (unpaired) electrons. The number of aromatic nitrogens is 3. The summed E-state index contributed by atoms with van der Waals surface area (Å²) in [6.07, 6.45) is 0. The van der Waals surface area contributed by atoms with Crippen molar-refractivity contribution in [2.75, 3.05) is 0 Å². The highest BCUT2D eigenvalue weighted by Gasteiger charge is 2.37. The Morgan fingerprint density at radius 3 is 1.77 bits per heavy atom. The fourth-order valence-corrected chi connectivity index (χ4v) is 9.98. The number of rotatable bonds is 5. The third-order valence-electron chi connectivity index (χ3n) is 12.8. The highest BCUT2D eigenvalue weighted by atomic mass is 15.0. The first kappa shape index (κ1) is 34.4. The molecule has 282 valence electrons. The fourth-order valence-electron chi connectivity index (χ4n) is 9.98. The summed E-state index contributed by atoms with van der Waals surface area (Å²) < 4.78 is 2.39. The van der Waals surface area contributed by atoms with Gasteiger partial charge in [-0.15, -0.1) is 0 Å². The third kappa shape index (κ3) is 5.15.